The van der Waals surface area contributed by atoms with Gasteiger partial charge in [0.2, 0.25) is 5.88 Å². The number of aromatic nitrogens is 2. The van der Waals surface area contributed by atoms with E-state index in [2.05, 4.69) is 25.9 Å². The van der Waals surface area contributed by atoms with Gasteiger partial charge in [0.1, 0.15) is 0 Å². The molecule has 0 bridgehead atoms. The molecule has 2 heterocycles. The van der Waals surface area contributed by atoms with Crippen molar-refractivity contribution >= 4 is 27.3 Å². The maximum absolute atomic E-state index is 9.26. The number of hydrogen-bond donors (Lipinski definition) is 2. The molecule has 0 atom stereocenters. The summed E-state index contributed by atoms with van der Waals surface area (Å²) < 4.78 is 1.03. The van der Waals surface area contributed by atoms with E-state index >= 15 is 0 Å². The predicted molar refractivity (Wildman–Crippen MR) is 56.0 cm³/mol. The zero-order chi connectivity index (χ0) is 9.42. The lowest BCUT2D eigenvalue weighted by Crippen LogP contribution is -1.73. The molecule has 0 saturated carbocycles. The standard InChI is InChI=1S/C8H7BrN2OS/c1-4-8(12)11-7(10-4)6-2-5(9)3-13-6/h2-3,12H,1H3,(H,10,11). The second kappa shape index (κ2) is 3.16. The minimum atomic E-state index is 0.0690. The smallest absolute Gasteiger partial charge is 0.232 e. The lowest BCUT2D eigenvalue weighted by Gasteiger charge is -1.86. The minimum Gasteiger partial charge on any atom is -0.492 e. The molecule has 0 aliphatic heterocycles. The average molecular weight is 259 g/mol. The Hall–Kier alpha value is -0.810. The highest BCUT2D eigenvalue weighted by Gasteiger charge is 2.08. The fraction of sp³-hybridized carbons (Fsp3) is 0.125. The molecule has 0 radical (unpaired) electrons. The summed E-state index contributed by atoms with van der Waals surface area (Å²) in [6.07, 6.45) is 0. The third-order valence-electron chi connectivity index (χ3n) is 1.66. The lowest BCUT2D eigenvalue weighted by molar-refractivity contribution is 0.452. The molecular weight excluding hydrogens is 252 g/mol. The maximum Gasteiger partial charge on any atom is 0.232 e. The first-order chi connectivity index (χ1) is 6.16. The van der Waals surface area contributed by atoms with Crippen LogP contribution in [0.15, 0.2) is 15.9 Å². The van der Waals surface area contributed by atoms with Gasteiger partial charge in [-0.2, -0.15) is 4.98 Å². The zero-order valence-electron chi connectivity index (χ0n) is 6.84. The number of nitrogens with zero attached hydrogens (tertiary/aromatic N) is 1. The Labute approximate surface area is 87.6 Å². The Balaban J connectivity index is 2.46. The fourth-order valence-electron chi connectivity index (χ4n) is 1.01. The zero-order valence-corrected chi connectivity index (χ0v) is 9.24. The van der Waals surface area contributed by atoms with Crippen LogP contribution in [0.2, 0.25) is 0 Å². The summed E-state index contributed by atoms with van der Waals surface area (Å²) in [5.41, 5.74) is 0.694. The molecular formula is C8H7BrN2OS. The first-order valence-electron chi connectivity index (χ1n) is 3.67. The van der Waals surface area contributed by atoms with Gasteiger partial charge in [0.05, 0.1) is 10.6 Å². The highest BCUT2D eigenvalue weighted by atomic mass is 79.9. The fourth-order valence-corrected chi connectivity index (χ4v) is 2.38. The van der Waals surface area contributed by atoms with E-state index in [1.807, 2.05) is 11.4 Å². The van der Waals surface area contributed by atoms with Crippen molar-refractivity contribution in [2.45, 2.75) is 6.92 Å². The molecule has 5 heteroatoms. The van der Waals surface area contributed by atoms with Crippen LogP contribution in [0.3, 0.4) is 0 Å². The number of rotatable bonds is 1. The molecule has 0 spiro atoms. The van der Waals surface area contributed by atoms with Gasteiger partial charge in [0.25, 0.3) is 0 Å². The summed E-state index contributed by atoms with van der Waals surface area (Å²) in [6.45, 7) is 1.79. The predicted octanol–water partition coefficient (Wildman–Crippen LogP) is 2.91. The lowest BCUT2D eigenvalue weighted by atomic mass is 10.4. The molecule has 2 aromatic heterocycles. The number of aromatic amines is 1. The van der Waals surface area contributed by atoms with Crippen molar-refractivity contribution in [3.63, 3.8) is 0 Å². The topological polar surface area (TPSA) is 48.9 Å². The second-order valence-corrected chi connectivity index (χ2v) is 4.49. The molecule has 2 N–H and O–H groups in total. The van der Waals surface area contributed by atoms with Crippen LogP contribution in [0.25, 0.3) is 10.7 Å². The molecule has 2 aromatic rings. The number of thiophene rings is 1. The Morgan fingerprint density at radius 3 is 2.85 bits per heavy atom. The molecule has 3 nitrogen and oxygen atoms in total. The quantitative estimate of drug-likeness (QED) is 0.827. The van der Waals surface area contributed by atoms with Gasteiger partial charge in [0.15, 0.2) is 5.82 Å². The van der Waals surface area contributed by atoms with Gasteiger partial charge in [-0.15, -0.1) is 11.3 Å². The van der Waals surface area contributed by atoms with Crippen LogP contribution < -0.4 is 0 Å². The van der Waals surface area contributed by atoms with Crippen molar-refractivity contribution < 1.29 is 5.11 Å². The second-order valence-electron chi connectivity index (χ2n) is 2.66. The Morgan fingerprint density at radius 1 is 1.62 bits per heavy atom. The van der Waals surface area contributed by atoms with Crippen molar-refractivity contribution in [3.8, 4) is 16.6 Å². The number of hydrogen-bond acceptors (Lipinski definition) is 3. The van der Waals surface area contributed by atoms with Crippen molar-refractivity contribution in [1.29, 1.82) is 0 Å². The van der Waals surface area contributed by atoms with Gasteiger partial charge >= 0.3 is 0 Å². The van der Waals surface area contributed by atoms with E-state index in [0.717, 1.165) is 9.35 Å². The van der Waals surface area contributed by atoms with Gasteiger partial charge in [-0.3, -0.25) is 0 Å². The first kappa shape index (κ1) is 8.77. The van der Waals surface area contributed by atoms with Crippen molar-refractivity contribution in [2.75, 3.05) is 0 Å². The third-order valence-corrected chi connectivity index (χ3v) is 3.36. The number of aryl methyl sites for hydroxylation is 1. The monoisotopic (exact) mass is 258 g/mol. The van der Waals surface area contributed by atoms with Gasteiger partial charge in [-0.1, -0.05) is 0 Å². The molecule has 0 aliphatic rings. The number of halogens is 1. The van der Waals surface area contributed by atoms with E-state index < -0.39 is 0 Å². The van der Waals surface area contributed by atoms with Crippen LogP contribution in [0.1, 0.15) is 5.69 Å². The summed E-state index contributed by atoms with van der Waals surface area (Å²) in [5, 5.41) is 11.2. The van der Waals surface area contributed by atoms with E-state index in [1.54, 1.807) is 18.3 Å². The molecule has 0 fully saturated rings. The number of nitrogens with one attached hydrogen (secondary N) is 1. The molecule has 68 valence electrons. The summed E-state index contributed by atoms with van der Waals surface area (Å²) in [6, 6.07) is 1.96. The molecule has 0 aromatic carbocycles. The molecule has 0 unspecified atom stereocenters. The van der Waals surface area contributed by atoms with Crippen molar-refractivity contribution in [2.24, 2.45) is 0 Å². The van der Waals surface area contributed by atoms with Gasteiger partial charge in [-0.05, 0) is 28.9 Å². The van der Waals surface area contributed by atoms with Gasteiger partial charge < -0.3 is 10.1 Å². The van der Waals surface area contributed by atoms with E-state index in [0.29, 0.717) is 11.5 Å². The highest BCUT2D eigenvalue weighted by molar-refractivity contribution is 9.10. The minimum absolute atomic E-state index is 0.0690. The van der Waals surface area contributed by atoms with Crippen LogP contribution in [0, 0.1) is 6.92 Å². The van der Waals surface area contributed by atoms with Crippen LogP contribution in [0.4, 0.5) is 0 Å². The molecule has 0 amide bonds. The number of aromatic hydroxyl groups is 1. The van der Waals surface area contributed by atoms with Gasteiger partial charge in [0, 0.05) is 9.85 Å². The molecule has 0 aliphatic carbocycles. The molecule has 2 rings (SSSR count). The summed E-state index contributed by atoms with van der Waals surface area (Å²) in [7, 11) is 0. The number of H-pyrrole nitrogens is 1. The Morgan fingerprint density at radius 2 is 2.38 bits per heavy atom. The van der Waals surface area contributed by atoms with Crippen molar-refractivity contribution in [3.05, 3.63) is 21.6 Å². The highest BCUT2D eigenvalue weighted by Crippen LogP contribution is 2.29. The SMILES string of the molecule is Cc1[nH]c(-c2cc(Br)cs2)nc1O. The van der Waals surface area contributed by atoms with Crippen LogP contribution in [-0.4, -0.2) is 15.1 Å². The third kappa shape index (κ3) is 1.62. The van der Waals surface area contributed by atoms with E-state index in [9.17, 15) is 5.11 Å². The van der Waals surface area contributed by atoms with Crippen LogP contribution in [0.5, 0.6) is 5.88 Å². The van der Waals surface area contributed by atoms with Gasteiger partial charge in [-0.25, -0.2) is 0 Å². The van der Waals surface area contributed by atoms with Crippen molar-refractivity contribution in [1.82, 2.24) is 9.97 Å². The van der Waals surface area contributed by atoms with Crippen LogP contribution >= 0.6 is 27.3 Å². The summed E-state index contributed by atoms with van der Waals surface area (Å²) >= 11 is 4.93. The first-order valence-corrected chi connectivity index (χ1v) is 5.34. The van der Waals surface area contributed by atoms with E-state index in [1.165, 1.54) is 0 Å². The average Bonchev–Trinajstić information content (AvgIpc) is 2.61. The Kier molecular flexibility index (Phi) is 2.13. The maximum atomic E-state index is 9.26. The van der Waals surface area contributed by atoms with E-state index in [-0.39, 0.29) is 5.88 Å². The van der Waals surface area contributed by atoms with E-state index in [4.69, 9.17) is 0 Å². The van der Waals surface area contributed by atoms with Crippen LogP contribution in [-0.2, 0) is 0 Å². The Bertz CT molecular complexity index is 416. The molecule has 0 saturated heterocycles. The summed E-state index contributed by atoms with van der Waals surface area (Å²) in [5.74, 6) is 0.783. The largest absolute Gasteiger partial charge is 0.492 e. The molecule has 13 heavy (non-hydrogen) atoms. The summed E-state index contributed by atoms with van der Waals surface area (Å²) in [4.78, 5) is 8.00. The number of imidazole rings is 1. The normalized spacial score (nSPS) is 10.6.